The maximum absolute atomic E-state index is 13.0. The summed E-state index contributed by atoms with van der Waals surface area (Å²) in [4.78, 5) is 49.3. The molecule has 1 aromatic carbocycles. The van der Waals surface area contributed by atoms with Crippen molar-refractivity contribution in [2.45, 2.75) is 135 Å². The van der Waals surface area contributed by atoms with Gasteiger partial charge in [0.25, 0.3) is 5.91 Å². The molecule has 8 unspecified atom stereocenters. The highest BCUT2D eigenvalue weighted by Crippen LogP contribution is 2.58. The SMILES string of the molecule is CCCCCNC1(C(C)O)CCCC1(C)CCC1CCC(OC(=O)NCC(=O)NCCOCCOCC(=O)Nc2ccc(OC)c(C(N)=O)c2O)C2CC(O)CCC12C. The fraction of sp³-hybridized carbons (Fsp3) is 0.767. The van der Waals surface area contributed by atoms with Crippen LogP contribution in [0.4, 0.5) is 10.5 Å². The number of carbonyl (C=O) groups excluding carboxylic acids is 4. The van der Waals surface area contributed by atoms with E-state index < -0.39 is 41.8 Å². The van der Waals surface area contributed by atoms with Crippen LogP contribution >= 0.6 is 0 Å². The van der Waals surface area contributed by atoms with E-state index in [9.17, 15) is 34.5 Å². The van der Waals surface area contributed by atoms with Crippen LogP contribution in [0.3, 0.4) is 0 Å². The van der Waals surface area contributed by atoms with Crippen LogP contribution in [-0.4, -0.2) is 116 Å². The van der Waals surface area contributed by atoms with E-state index in [1.54, 1.807) is 0 Å². The van der Waals surface area contributed by atoms with E-state index in [1.807, 2.05) is 6.92 Å². The maximum atomic E-state index is 13.0. The molecular formula is C43H71N5O11. The van der Waals surface area contributed by atoms with Crippen molar-refractivity contribution in [3.05, 3.63) is 17.7 Å². The fourth-order valence-corrected chi connectivity index (χ4v) is 10.2. The number of aromatic hydroxyl groups is 1. The van der Waals surface area contributed by atoms with Crippen LogP contribution in [0, 0.1) is 22.7 Å². The van der Waals surface area contributed by atoms with Gasteiger partial charge in [-0.1, -0.05) is 40.0 Å². The number of aliphatic hydroxyl groups is 2. The summed E-state index contributed by atoms with van der Waals surface area (Å²) in [7, 11) is 1.32. The molecule has 4 amide bonds. The third kappa shape index (κ3) is 12.2. The third-order valence-electron chi connectivity index (χ3n) is 13.6. The van der Waals surface area contributed by atoms with Crippen molar-refractivity contribution in [2.75, 3.05) is 58.5 Å². The van der Waals surface area contributed by atoms with Gasteiger partial charge in [-0.2, -0.15) is 0 Å². The smallest absolute Gasteiger partial charge is 0.407 e. The molecule has 3 saturated carbocycles. The monoisotopic (exact) mass is 834 g/mol. The number of nitrogens with one attached hydrogen (secondary N) is 4. The molecule has 1 aromatic rings. The number of benzene rings is 1. The highest BCUT2D eigenvalue weighted by atomic mass is 16.6. The number of rotatable bonds is 23. The van der Waals surface area contributed by atoms with Gasteiger partial charge in [-0.15, -0.1) is 0 Å². The Hall–Kier alpha value is -3.70. The highest BCUT2D eigenvalue weighted by molar-refractivity contribution is 6.02. The lowest BCUT2D eigenvalue weighted by atomic mass is 9.52. The van der Waals surface area contributed by atoms with E-state index >= 15 is 0 Å². The van der Waals surface area contributed by atoms with Crippen LogP contribution in [0.5, 0.6) is 11.5 Å². The van der Waals surface area contributed by atoms with Crippen molar-refractivity contribution in [3.8, 4) is 11.5 Å². The molecule has 8 atom stereocenters. The van der Waals surface area contributed by atoms with E-state index in [-0.39, 0.29) is 84.9 Å². The van der Waals surface area contributed by atoms with Crippen LogP contribution in [0.15, 0.2) is 12.1 Å². The number of unbranched alkanes of at least 4 members (excludes halogenated alkanes) is 2. The predicted molar refractivity (Wildman–Crippen MR) is 222 cm³/mol. The number of ether oxygens (including phenoxy) is 4. The topological polar surface area (TPSA) is 240 Å². The van der Waals surface area contributed by atoms with E-state index in [1.165, 1.54) is 25.7 Å². The summed E-state index contributed by atoms with van der Waals surface area (Å²) < 4.78 is 21.7. The van der Waals surface area contributed by atoms with Crippen LogP contribution in [0.2, 0.25) is 0 Å². The van der Waals surface area contributed by atoms with E-state index in [0.717, 1.165) is 70.8 Å². The molecule has 3 aliphatic rings. The molecule has 334 valence electrons. The first-order valence-electron chi connectivity index (χ1n) is 21.6. The molecule has 0 radical (unpaired) electrons. The molecule has 4 rings (SSSR count). The minimum absolute atomic E-state index is 0.00327. The number of primary amides is 1. The molecule has 3 fully saturated rings. The largest absolute Gasteiger partial charge is 0.505 e. The van der Waals surface area contributed by atoms with Crippen molar-refractivity contribution in [2.24, 2.45) is 28.4 Å². The normalized spacial score (nSPS) is 28.3. The zero-order chi connectivity index (χ0) is 43.2. The third-order valence-corrected chi connectivity index (χ3v) is 13.6. The molecule has 0 aliphatic heterocycles. The van der Waals surface area contributed by atoms with Crippen LogP contribution in [-0.2, 0) is 23.8 Å². The van der Waals surface area contributed by atoms with Crippen LogP contribution in [0.25, 0.3) is 0 Å². The number of anilines is 1. The summed E-state index contributed by atoms with van der Waals surface area (Å²) in [5, 5.41) is 43.8. The lowest BCUT2D eigenvalue weighted by Crippen LogP contribution is -2.61. The fourth-order valence-electron chi connectivity index (χ4n) is 10.2. The summed E-state index contributed by atoms with van der Waals surface area (Å²) in [5.41, 5.74) is 4.59. The van der Waals surface area contributed by atoms with Crippen LogP contribution < -0.4 is 31.7 Å². The second-order valence-corrected chi connectivity index (χ2v) is 17.3. The molecule has 16 nitrogen and oxygen atoms in total. The number of methoxy groups -OCH3 is 1. The first kappa shape index (κ1) is 48.0. The summed E-state index contributed by atoms with van der Waals surface area (Å²) >= 11 is 0. The Morgan fingerprint density at radius 3 is 2.44 bits per heavy atom. The molecule has 0 spiro atoms. The molecule has 16 heteroatoms. The Morgan fingerprint density at radius 2 is 1.73 bits per heavy atom. The summed E-state index contributed by atoms with van der Waals surface area (Å²) in [5.74, 6) is -1.93. The van der Waals surface area contributed by atoms with Crippen molar-refractivity contribution >= 4 is 29.5 Å². The Bertz CT molecular complexity index is 1560. The van der Waals surface area contributed by atoms with Gasteiger partial charge in [0.1, 0.15) is 24.0 Å². The van der Waals surface area contributed by atoms with Gasteiger partial charge < -0.3 is 61.3 Å². The zero-order valence-electron chi connectivity index (χ0n) is 35.9. The number of alkyl carbamates (subject to hydrolysis) is 1. The lowest BCUT2D eigenvalue weighted by Gasteiger charge is -2.55. The van der Waals surface area contributed by atoms with Crippen molar-refractivity contribution in [3.63, 3.8) is 0 Å². The van der Waals surface area contributed by atoms with Crippen molar-refractivity contribution < 1.29 is 53.4 Å². The number of carbonyl (C=O) groups is 4. The van der Waals surface area contributed by atoms with Gasteiger partial charge in [-0.25, -0.2) is 4.79 Å². The number of hydrogen-bond donors (Lipinski definition) is 8. The van der Waals surface area contributed by atoms with Crippen LogP contribution in [0.1, 0.15) is 122 Å². The van der Waals surface area contributed by atoms with E-state index in [2.05, 4.69) is 42.0 Å². The number of phenols is 1. The van der Waals surface area contributed by atoms with Gasteiger partial charge in [0.2, 0.25) is 11.8 Å². The van der Waals surface area contributed by atoms with Crippen molar-refractivity contribution in [1.29, 1.82) is 0 Å². The molecule has 9 N–H and O–H groups in total. The molecule has 0 aromatic heterocycles. The average Bonchev–Trinajstić information content (AvgIpc) is 3.53. The van der Waals surface area contributed by atoms with Gasteiger partial charge in [0.05, 0.1) is 51.4 Å². The maximum Gasteiger partial charge on any atom is 0.407 e. The Labute approximate surface area is 349 Å². The minimum atomic E-state index is -0.913. The van der Waals surface area contributed by atoms with Gasteiger partial charge in [-0.05, 0) is 107 Å². The first-order chi connectivity index (χ1) is 28.1. The lowest BCUT2D eigenvalue weighted by molar-refractivity contribution is -0.122. The van der Waals surface area contributed by atoms with Crippen molar-refractivity contribution in [1.82, 2.24) is 16.0 Å². The highest BCUT2D eigenvalue weighted by Gasteiger charge is 2.56. The molecule has 0 heterocycles. The quantitative estimate of drug-likeness (QED) is 0.0574. The average molecular weight is 834 g/mol. The molecule has 0 saturated heterocycles. The number of fused-ring (bicyclic) bond motifs is 1. The summed E-state index contributed by atoms with van der Waals surface area (Å²) in [6, 6.07) is 2.76. The van der Waals surface area contributed by atoms with Gasteiger partial charge in [0, 0.05) is 18.0 Å². The summed E-state index contributed by atoms with van der Waals surface area (Å²) in [6.07, 6.45) is 10.5. The second-order valence-electron chi connectivity index (χ2n) is 17.3. The molecule has 59 heavy (non-hydrogen) atoms. The number of nitrogens with two attached hydrogens (primary N) is 1. The molecular weight excluding hydrogens is 762 g/mol. The number of aliphatic hydroxyl groups excluding tert-OH is 2. The molecule has 0 bridgehead atoms. The second kappa shape index (κ2) is 22.2. The van der Waals surface area contributed by atoms with Gasteiger partial charge in [-0.3, -0.25) is 14.4 Å². The number of amides is 4. The Kier molecular flexibility index (Phi) is 18.1. The van der Waals surface area contributed by atoms with E-state index in [0.29, 0.717) is 18.8 Å². The molecule has 3 aliphatic carbocycles. The first-order valence-corrected chi connectivity index (χ1v) is 21.6. The van der Waals surface area contributed by atoms with Gasteiger partial charge in [0.15, 0.2) is 5.75 Å². The summed E-state index contributed by atoms with van der Waals surface area (Å²) in [6.45, 7) is 9.70. The predicted octanol–water partition coefficient (Wildman–Crippen LogP) is 4.13. The van der Waals surface area contributed by atoms with E-state index in [4.69, 9.17) is 24.7 Å². The zero-order valence-corrected chi connectivity index (χ0v) is 35.9. The number of hydrogen-bond acceptors (Lipinski definition) is 12. The Morgan fingerprint density at radius 1 is 0.966 bits per heavy atom. The minimum Gasteiger partial charge on any atom is -0.505 e. The standard InChI is InChI=1S/C43H71N5O11/c1-6-7-8-20-47-43(28(2)49)17-9-16-41(43,3)18-14-29-10-12-33(31-25-30(50)15-19-42(29,31)4)59-40(55)46-26-35(51)45-21-22-57-23-24-58-27-36(52)48-32-11-13-34(56-5)37(38(32)53)39(44)54/h11,13,28-31,33,47,49-50,53H,6-10,12,14-27H2,1-5H3,(H2,44,54)(H,45,51)(H,46,55)(H,48,52). The Balaban J connectivity index is 1.15. The van der Waals surface area contributed by atoms with Gasteiger partial charge >= 0.3 is 6.09 Å².